The van der Waals surface area contributed by atoms with Gasteiger partial charge >= 0.3 is 0 Å². The summed E-state index contributed by atoms with van der Waals surface area (Å²) < 4.78 is 6.69. The van der Waals surface area contributed by atoms with E-state index in [4.69, 9.17) is 4.74 Å². The predicted octanol–water partition coefficient (Wildman–Crippen LogP) is 6.25. The average Bonchev–Trinajstić information content (AvgIpc) is 3.30. The van der Waals surface area contributed by atoms with Crippen LogP contribution in [0.5, 0.6) is 0 Å². The van der Waals surface area contributed by atoms with Crippen LogP contribution in [0.1, 0.15) is 65.9 Å². The van der Waals surface area contributed by atoms with E-state index < -0.39 is 17.1 Å². The molecule has 174 valence electrons. The molecular weight excluding hydrogens is 428 g/mol. The zero-order chi connectivity index (χ0) is 23.5. The maximum Gasteiger partial charge on any atom is 0.269 e. The molecule has 3 aromatic carbocycles. The lowest BCUT2D eigenvalue weighted by atomic mass is 9.88. The zero-order valence-corrected chi connectivity index (χ0v) is 19.0. The van der Waals surface area contributed by atoms with Gasteiger partial charge in [-0.25, -0.2) is 0 Å². The Hall–Kier alpha value is -3.35. The minimum Gasteiger partial charge on any atom is -0.349 e. The third-order valence-electron chi connectivity index (χ3n) is 6.99. The summed E-state index contributed by atoms with van der Waals surface area (Å²) in [4.78, 5) is 27.1. The summed E-state index contributed by atoms with van der Waals surface area (Å²) in [5.41, 5.74) is 2.47. The molecule has 1 aliphatic carbocycles. The number of hydrogen-bond acceptors (Lipinski definition) is 5. The van der Waals surface area contributed by atoms with Gasteiger partial charge in [-0.2, -0.15) is 0 Å². The van der Waals surface area contributed by atoms with E-state index in [1.54, 1.807) is 12.1 Å². The average molecular weight is 457 g/mol. The Morgan fingerprint density at radius 2 is 1.44 bits per heavy atom. The predicted molar refractivity (Wildman–Crippen MR) is 129 cm³/mol. The van der Waals surface area contributed by atoms with E-state index in [1.165, 1.54) is 18.6 Å². The van der Waals surface area contributed by atoms with Gasteiger partial charge in [-0.3, -0.25) is 19.8 Å². The fourth-order valence-corrected chi connectivity index (χ4v) is 5.34. The van der Waals surface area contributed by atoms with Gasteiger partial charge < -0.3 is 4.74 Å². The summed E-state index contributed by atoms with van der Waals surface area (Å²) in [6.07, 6.45) is 4.65. The molecule has 6 heteroatoms. The van der Waals surface area contributed by atoms with Crippen LogP contribution in [0.25, 0.3) is 0 Å². The number of carbonyl (C=O) groups is 1. The van der Waals surface area contributed by atoms with E-state index in [0.717, 1.165) is 36.8 Å². The van der Waals surface area contributed by atoms with Gasteiger partial charge in [0.15, 0.2) is 5.78 Å². The molecule has 1 saturated heterocycles. The minimum absolute atomic E-state index is 0.0213. The lowest BCUT2D eigenvalue weighted by Gasteiger charge is -2.37. The number of non-ortho nitro benzene ring substituents is 1. The molecule has 0 bridgehead atoms. The topological polar surface area (TPSA) is 72.7 Å². The number of hydrogen-bond donors (Lipinski definition) is 0. The first-order chi connectivity index (χ1) is 16.6. The Morgan fingerprint density at radius 3 is 2.06 bits per heavy atom. The molecule has 2 aliphatic rings. The van der Waals surface area contributed by atoms with Gasteiger partial charge in [-0.15, -0.1) is 0 Å². The standard InChI is InChI=1S/C28H28N2O4/c31-26(20-10-4-1-5-11-20)25-27(21-16-18-24(19-17-21)30(32)33)34-28(22-12-6-2-7-13-22)29(25)23-14-8-3-9-15-23/h1-2,4-7,10-13,16-19,23,25,27-28H,3,8-9,14-15H2. The van der Waals surface area contributed by atoms with Gasteiger partial charge in [-0.05, 0) is 36.1 Å². The van der Waals surface area contributed by atoms with Gasteiger partial charge in [-0.1, -0.05) is 79.9 Å². The first-order valence-corrected chi connectivity index (χ1v) is 11.9. The summed E-state index contributed by atoms with van der Waals surface area (Å²) in [7, 11) is 0. The van der Waals surface area contributed by atoms with Crippen LogP contribution >= 0.6 is 0 Å². The largest absolute Gasteiger partial charge is 0.349 e. The van der Waals surface area contributed by atoms with E-state index in [0.29, 0.717) is 5.56 Å². The summed E-state index contributed by atoms with van der Waals surface area (Å²) >= 11 is 0. The molecule has 0 aromatic heterocycles. The van der Waals surface area contributed by atoms with Crippen LogP contribution < -0.4 is 0 Å². The Bertz CT molecular complexity index is 1130. The Balaban J connectivity index is 1.60. The number of nitro benzene ring substituents is 1. The number of nitro groups is 1. The monoisotopic (exact) mass is 456 g/mol. The molecule has 5 rings (SSSR count). The van der Waals surface area contributed by atoms with Gasteiger partial charge in [0.05, 0.1) is 4.92 Å². The normalized spacial score (nSPS) is 23.6. The van der Waals surface area contributed by atoms with Crippen molar-refractivity contribution < 1.29 is 14.5 Å². The van der Waals surface area contributed by atoms with Gasteiger partial charge in [0.2, 0.25) is 0 Å². The van der Waals surface area contributed by atoms with Crippen molar-refractivity contribution in [1.29, 1.82) is 0 Å². The summed E-state index contributed by atoms with van der Waals surface area (Å²) in [6, 6.07) is 25.6. The second-order valence-electron chi connectivity index (χ2n) is 9.08. The number of carbonyl (C=O) groups excluding carboxylic acids is 1. The van der Waals surface area contributed by atoms with Crippen LogP contribution in [0.3, 0.4) is 0 Å². The molecule has 0 radical (unpaired) electrons. The number of nitrogens with zero attached hydrogens (tertiary/aromatic N) is 2. The van der Waals surface area contributed by atoms with Crippen molar-refractivity contribution in [3.63, 3.8) is 0 Å². The fourth-order valence-electron chi connectivity index (χ4n) is 5.34. The van der Waals surface area contributed by atoms with Crippen LogP contribution in [0.4, 0.5) is 5.69 Å². The molecule has 0 N–H and O–H groups in total. The summed E-state index contributed by atoms with van der Waals surface area (Å²) in [6.45, 7) is 0. The third-order valence-corrected chi connectivity index (χ3v) is 6.99. The fraction of sp³-hybridized carbons (Fsp3) is 0.321. The molecule has 0 amide bonds. The van der Waals surface area contributed by atoms with Crippen LogP contribution in [0.2, 0.25) is 0 Å². The molecule has 3 aromatic rings. The van der Waals surface area contributed by atoms with Crippen LogP contribution in [0.15, 0.2) is 84.9 Å². The molecule has 1 heterocycles. The zero-order valence-electron chi connectivity index (χ0n) is 19.0. The van der Waals surface area contributed by atoms with Gasteiger partial charge in [0.1, 0.15) is 18.4 Å². The highest BCUT2D eigenvalue weighted by Gasteiger charge is 2.50. The number of ether oxygens (including phenoxy) is 1. The Morgan fingerprint density at radius 1 is 0.824 bits per heavy atom. The summed E-state index contributed by atoms with van der Waals surface area (Å²) in [5.74, 6) is 0.0213. The maximum atomic E-state index is 14.0. The molecule has 2 fully saturated rings. The van der Waals surface area contributed by atoms with Crippen LogP contribution in [-0.2, 0) is 4.74 Å². The second kappa shape index (κ2) is 9.87. The molecule has 1 saturated carbocycles. The highest BCUT2D eigenvalue weighted by molar-refractivity contribution is 6.00. The minimum atomic E-state index is -0.527. The smallest absolute Gasteiger partial charge is 0.269 e. The lowest BCUT2D eigenvalue weighted by Crippen LogP contribution is -2.47. The number of benzene rings is 3. The summed E-state index contributed by atoms with van der Waals surface area (Å²) in [5, 5.41) is 11.2. The maximum absolute atomic E-state index is 14.0. The quantitative estimate of drug-likeness (QED) is 0.249. The van der Waals surface area contributed by atoms with Gasteiger partial charge in [0.25, 0.3) is 5.69 Å². The van der Waals surface area contributed by atoms with Crippen LogP contribution in [0, 0.1) is 10.1 Å². The van der Waals surface area contributed by atoms with Crippen molar-refractivity contribution in [3.05, 3.63) is 112 Å². The molecule has 34 heavy (non-hydrogen) atoms. The van der Waals surface area contributed by atoms with E-state index in [2.05, 4.69) is 4.90 Å². The van der Waals surface area contributed by atoms with Crippen molar-refractivity contribution in [2.24, 2.45) is 0 Å². The highest BCUT2D eigenvalue weighted by atomic mass is 16.6. The second-order valence-corrected chi connectivity index (χ2v) is 9.08. The van der Waals surface area contributed by atoms with E-state index in [9.17, 15) is 14.9 Å². The van der Waals surface area contributed by atoms with Crippen molar-refractivity contribution in [2.75, 3.05) is 0 Å². The van der Waals surface area contributed by atoms with E-state index >= 15 is 0 Å². The highest BCUT2D eigenvalue weighted by Crippen LogP contribution is 2.47. The lowest BCUT2D eigenvalue weighted by molar-refractivity contribution is -0.384. The molecule has 6 nitrogen and oxygen atoms in total. The number of ketones is 1. The SMILES string of the molecule is O=C(c1ccccc1)C1C(c2ccc([N+](=O)[O-])cc2)OC(c2ccccc2)N1C1CCCCC1. The van der Waals surface area contributed by atoms with E-state index in [-0.39, 0.29) is 23.7 Å². The molecule has 1 aliphatic heterocycles. The van der Waals surface area contributed by atoms with Crippen LogP contribution in [-0.4, -0.2) is 27.7 Å². The number of rotatable bonds is 6. The van der Waals surface area contributed by atoms with Crippen molar-refractivity contribution in [3.8, 4) is 0 Å². The molecule has 3 atom stereocenters. The Labute approximate surface area is 199 Å². The van der Waals surface area contributed by atoms with Gasteiger partial charge in [0, 0.05) is 23.7 Å². The first-order valence-electron chi connectivity index (χ1n) is 11.9. The van der Waals surface area contributed by atoms with Crippen molar-refractivity contribution in [2.45, 2.75) is 56.5 Å². The molecule has 3 unspecified atom stereocenters. The number of Topliss-reactive ketones (excluding diaryl/α,β-unsaturated/α-hetero) is 1. The molecule has 0 spiro atoms. The van der Waals surface area contributed by atoms with E-state index in [1.807, 2.05) is 60.7 Å². The Kier molecular flexibility index (Phi) is 6.52. The first kappa shape index (κ1) is 22.4. The third kappa shape index (κ3) is 4.39. The van der Waals surface area contributed by atoms with Crippen molar-refractivity contribution in [1.82, 2.24) is 4.90 Å². The van der Waals surface area contributed by atoms with Crippen molar-refractivity contribution >= 4 is 11.5 Å². The molecular formula is C28H28N2O4.